The zero-order valence-corrected chi connectivity index (χ0v) is 21.2. The molecule has 1 aliphatic rings. The average molecular weight is 491 g/mol. The maximum atomic E-state index is 13.0. The summed E-state index contributed by atoms with van der Waals surface area (Å²) in [6.45, 7) is 6.34. The number of piperidine rings is 1. The third-order valence-corrected chi connectivity index (χ3v) is 6.49. The van der Waals surface area contributed by atoms with Crippen molar-refractivity contribution in [3.8, 4) is 17.2 Å². The molecule has 4 rings (SSSR count). The number of aromatic nitrogens is 2. The molecule has 3 aromatic rings. The van der Waals surface area contributed by atoms with Crippen LogP contribution in [0.1, 0.15) is 37.8 Å². The molecule has 2 aromatic carbocycles. The molecule has 190 valence electrons. The van der Waals surface area contributed by atoms with Crippen molar-refractivity contribution in [3.63, 3.8) is 0 Å². The number of carbonyl (C=O) groups is 1. The van der Waals surface area contributed by atoms with Gasteiger partial charge in [0.15, 0.2) is 11.5 Å². The van der Waals surface area contributed by atoms with Crippen LogP contribution in [0.4, 0.5) is 5.82 Å². The van der Waals surface area contributed by atoms with E-state index in [9.17, 15) is 9.59 Å². The van der Waals surface area contributed by atoms with Gasteiger partial charge >= 0.3 is 0 Å². The Balaban J connectivity index is 1.42. The standard InChI is InChI=1S/C28H34N4O4/c1-4-20-8-11-23(12-9-20)32-27(33)15-14-26(30-32)31-16-6-7-22(19-31)28(34)29-18-21-10-13-24(36-5-2)25(17-21)35-3/h8-15,17,22H,4-7,16,18-19H2,1-3H3,(H,29,34)/t22-/m0/s1. The van der Waals surface area contributed by atoms with Crippen LogP contribution in [-0.4, -0.2) is 42.5 Å². The first kappa shape index (κ1) is 25.3. The van der Waals surface area contributed by atoms with Crippen LogP contribution < -0.4 is 25.2 Å². The molecule has 0 bridgehead atoms. The summed E-state index contributed by atoms with van der Waals surface area (Å²) in [5, 5.41) is 7.69. The van der Waals surface area contributed by atoms with Gasteiger partial charge in [-0.05, 0) is 67.6 Å². The number of carbonyl (C=O) groups excluding carboxylic acids is 1. The monoisotopic (exact) mass is 490 g/mol. The Morgan fingerprint density at radius 3 is 2.56 bits per heavy atom. The van der Waals surface area contributed by atoms with Crippen molar-refractivity contribution in [2.75, 3.05) is 31.7 Å². The number of methoxy groups -OCH3 is 1. The lowest BCUT2D eigenvalue weighted by molar-refractivity contribution is -0.125. The molecule has 36 heavy (non-hydrogen) atoms. The Morgan fingerprint density at radius 2 is 1.83 bits per heavy atom. The van der Waals surface area contributed by atoms with Gasteiger partial charge in [0.25, 0.3) is 5.56 Å². The van der Waals surface area contributed by atoms with Crippen molar-refractivity contribution in [2.45, 2.75) is 39.7 Å². The van der Waals surface area contributed by atoms with Gasteiger partial charge in [0, 0.05) is 25.7 Å². The zero-order chi connectivity index (χ0) is 25.5. The Labute approximate surface area is 211 Å². The number of amides is 1. The van der Waals surface area contributed by atoms with Gasteiger partial charge in [-0.25, -0.2) is 0 Å². The van der Waals surface area contributed by atoms with Crippen LogP contribution in [0.3, 0.4) is 0 Å². The number of nitrogens with one attached hydrogen (secondary N) is 1. The van der Waals surface area contributed by atoms with Gasteiger partial charge in [0.1, 0.15) is 5.82 Å². The number of benzene rings is 2. The molecule has 1 N–H and O–H groups in total. The molecule has 1 atom stereocenters. The Kier molecular flexibility index (Phi) is 8.25. The van der Waals surface area contributed by atoms with Gasteiger partial charge in [-0.15, -0.1) is 5.10 Å². The molecule has 1 aliphatic heterocycles. The Morgan fingerprint density at radius 1 is 1.06 bits per heavy atom. The van der Waals surface area contributed by atoms with Crippen LogP contribution in [0, 0.1) is 5.92 Å². The average Bonchev–Trinajstić information content (AvgIpc) is 2.93. The number of hydrogen-bond donors (Lipinski definition) is 1. The summed E-state index contributed by atoms with van der Waals surface area (Å²) in [7, 11) is 1.61. The predicted octanol–water partition coefficient (Wildman–Crippen LogP) is 3.74. The summed E-state index contributed by atoms with van der Waals surface area (Å²) >= 11 is 0. The van der Waals surface area contributed by atoms with Crippen molar-refractivity contribution >= 4 is 11.7 Å². The van der Waals surface area contributed by atoms with Crippen LogP contribution >= 0.6 is 0 Å². The van der Waals surface area contributed by atoms with Crippen LogP contribution in [0.5, 0.6) is 11.5 Å². The van der Waals surface area contributed by atoms with Gasteiger partial charge in [-0.3, -0.25) is 9.59 Å². The van der Waals surface area contributed by atoms with Crippen molar-refractivity contribution in [1.82, 2.24) is 15.1 Å². The predicted molar refractivity (Wildman–Crippen MR) is 140 cm³/mol. The van der Waals surface area contributed by atoms with E-state index in [1.165, 1.54) is 10.2 Å². The Bertz CT molecular complexity index is 1240. The van der Waals surface area contributed by atoms with Gasteiger partial charge in [0.2, 0.25) is 5.91 Å². The van der Waals surface area contributed by atoms with Crippen LogP contribution in [0.2, 0.25) is 0 Å². The third-order valence-electron chi connectivity index (χ3n) is 6.49. The third kappa shape index (κ3) is 5.87. The van der Waals surface area contributed by atoms with Crippen molar-refractivity contribution in [3.05, 3.63) is 76.1 Å². The first-order valence-electron chi connectivity index (χ1n) is 12.5. The van der Waals surface area contributed by atoms with E-state index in [0.717, 1.165) is 37.1 Å². The topological polar surface area (TPSA) is 85.7 Å². The molecule has 1 fully saturated rings. The maximum Gasteiger partial charge on any atom is 0.271 e. The molecule has 0 unspecified atom stereocenters. The molecule has 1 saturated heterocycles. The number of aryl methyl sites for hydroxylation is 1. The minimum Gasteiger partial charge on any atom is -0.493 e. The van der Waals surface area contributed by atoms with E-state index in [0.29, 0.717) is 37.0 Å². The first-order chi connectivity index (χ1) is 17.5. The molecule has 0 saturated carbocycles. The Hall–Kier alpha value is -3.81. The molecule has 0 aliphatic carbocycles. The van der Waals surface area contributed by atoms with Crippen molar-refractivity contribution in [2.24, 2.45) is 5.92 Å². The number of nitrogens with zero attached hydrogens (tertiary/aromatic N) is 3. The van der Waals surface area contributed by atoms with Crippen LogP contribution in [0.25, 0.3) is 5.69 Å². The quantitative estimate of drug-likeness (QED) is 0.492. The number of hydrogen-bond acceptors (Lipinski definition) is 6. The minimum absolute atomic E-state index is 0.0102. The van der Waals surface area contributed by atoms with Gasteiger partial charge in [0.05, 0.1) is 25.3 Å². The summed E-state index contributed by atoms with van der Waals surface area (Å²) in [6, 6.07) is 16.8. The highest BCUT2D eigenvalue weighted by atomic mass is 16.5. The maximum absolute atomic E-state index is 13.0. The summed E-state index contributed by atoms with van der Waals surface area (Å²) in [5.74, 6) is 1.89. The highest BCUT2D eigenvalue weighted by Crippen LogP contribution is 2.28. The lowest BCUT2D eigenvalue weighted by Crippen LogP contribution is -2.43. The molecule has 8 nitrogen and oxygen atoms in total. The van der Waals surface area contributed by atoms with Gasteiger partial charge in [-0.1, -0.05) is 25.1 Å². The SMILES string of the molecule is CCOc1ccc(CNC(=O)[C@H]2CCCN(c3ccc(=O)n(-c4ccc(CC)cc4)n3)C2)cc1OC. The zero-order valence-electron chi connectivity index (χ0n) is 21.2. The van der Waals surface area contributed by atoms with E-state index in [1.54, 1.807) is 19.2 Å². The van der Waals surface area contributed by atoms with E-state index < -0.39 is 0 Å². The highest BCUT2D eigenvalue weighted by molar-refractivity contribution is 5.79. The van der Waals surface area contributed by atoms with Crippen LogP contribution in [-0.2, 0) is 17.8 Å². The van der Waals surface area contributed by atoms with E-state index >= 15 is 0 Å². The number of anilines is 1. The molecule has 2 heterocycles. The second-order valence-corrected chi connectivity index (χ2v) is 8.88. The fourth-order valence-electron chi connectivity index (χ4n) is 4.46. The second-order valence-electron chi connectivity index (χ2n) is 8.88. The molecule has 1 amide bonds. The molecular weight excluding hydrogens is 456 g/mol. The molecule has 1 aromatic heterocycles. The molecule has 8 heteroatoms. The smallest absolute Gasteiger partial charge is 0.271 e. The van der Waals surface area contributed by atoms with E-state index in [-0.39, 0.29) is 17.4 Å². The van der Waals surface area contributed by atoms with Crippen molar-refractivity contribution < 1.29 is 14.3 Å². The first-order valence-corrected chi connectivity index (χ1v) is 12.5. The molecule has 0 radical (unpaired) electrons. The normalized spacial score (nSPS) is 15.4. The lowest BCUT2D eigenvalue weighted by atomic mass is 9.97. The number of ether oxygens (including phenoxy) is 2. The largest absolute Gasteiger partial charge is 0.493 e. The highest BCUT2D eigenvalue weighted by Gasteiger charge is 2.27. The molecular formula is C28H34N4O4. The summed E-state index contributed by atoms with van der Waals surface area (Å²) in [5.41, 5.74) is 2.70. The fraction of sp³-hybridized carbons (Fsp3) is 0.393. The minimum atomic E-state index is -0.180. The lowest BCUT2D eigenvalue weighted by Gasteiger charge is -2.33. The summed E-state index contributed by atoms with van der Waals surface area (Å²) in [4.78, 5) is 27.6. The van der Waals surface area contributed by atoms with Crippen molar-refractivity contribution in [1.29, 1.82) is 0 Å². The number of rotatable bonds is 9. The second kappa shape index (κ2) is 11.7. The van der Waals surface area contributed by atoms with E-state index in [1.807, 2.05) is 49.4 Å². The van der Waals surface area contributed by atoms with Crippen LogP contribution in [0.15, 0.2) is 59.4 Å². The van der Waals surface area contributed by atoms with E-state index in [2.05, 4.69) is 22.2 Å². The van der Waals surface area contributed by atoms with Gasteiger partial charge < -0.3 is 19.7 Å². The summed E-state index contributed by atoms with van der Waals surface area (Å²) < 4.78 is 12.4. The van der Waals surface area contributed by atoms with E-state index in [4.69, 9.17) is 9.47 Å². The fourth-order valence-corrected chi connectivity index (χ4v) is 4.46. The molecule has 0 spiro atoms. The van der Waals surface area contributed by atoms with Gasteiger partial charge in [-0.2, -0.15) is 4.68 Å². The summed E-state index contributed by atoms with van der Waals surface area (Å²) in [6.07, 6.45) is 2.63.